The molecule has 0 N–H and O–H groups in total. The molecule has 0 bridgehead atoms. The van der Waals surface area contributed by atoms with Crippen LogP contribution in [-0.2, 0) is 11.2 Å². The van der Waals surface area contributed by atoms with E-state index < -0.39 is 0 Å². The predicted octanol–water partition coefficient (Wildman–Crippen LogP) is 3.97. The SMILES string of the molecule is COc1cccc(CC(=O)N2CCC3(CC2)CC(c2noc(-c4ccccc4)n2)N(C)C3)c1. The van der Waals surface area contributed by atoms with Crippen LogP contribution in [0.15, 0.2) is 59.1 Å². The van der Waals surface area contributed by atoms with E-state index in [4.69, 9.17) is 14.2 Å². The molecule has 172 valence electrons. The molecule has 1 aromatic heterocycles. The number of piperidine rings is 1. The molecule has 33 heavy (non-hydrogen) atoms. The number of amides is 1. The lowest BCUT2D eigenvalue weighted by Crippen LogP contribution is -2.44. The van der Waals surface area contributed by atoms with Gasteiger partial charge in [-0.3, -0.25) is 9.69 Å². The van der Waals surface area contributed by atoms with E-state index in [-0.39, 0.29) is 17.4 Å². The average Bonchev–Trinajstić information content (AvgIpc) is 3.45. The topological polar surface area (TPSA) is 71.7 Å². The van der Waals surface area contributed by atoms with Crippen LogP contribution in [0.4, 0.5) is 0 Å². The van der Waals surface area contributed by atoms with Gasteiger partial charge in [0, 0.05) is 25.2 Å². The fraction of sp³-hybridized carbons (Fsp3) is 0.423. The highest BCUT2D eigenvalue weighted by Gasteiger charge is 2.46. The average molecular weight is 447 g/mol. The third-order valence-electron chi connectivity index (χ3n) is 7.17. The summed E-state index contributed by atoms with van der Waals surface area (Å²) in [5, 5.41) is 4.30. The minimum atomic E-state index is 0.144. The fourth-order valence-electron chi connectivity index (χ4n) is 5.29. The van der Waals surface area contributed by atoms with E-state index >= 15 is 0 Å². The minimum Gasteiger partial charge on any atom is -0.497 e. The van der Waals surface area contributed by atoms with E-state index in [9.17, 15) is 4.79 Å². The summed E-state index contributed by atoms with van der Waals surface area (Å²) in [7, 11) is 3.78. The first-order chi connectivity index (χ1) is 16.0. The van der Waals surface area contributed by atoms with Crippen LogP contribution in [0.3, 0.4) is 0 Å². The van der Waals surface area contributed by atoms with Crippen molar-refractivity contribution in [1.29, 1.82) is 0 Å². The number of carbonyl (C=O) groups is 1. The van der Waals surface area contributed by atoms with E-state index in [2.05, 4.69) is 17.1 Å². The standard InChI is InChI=1S/C26H30N4O3/c1-29-18-26(17-22(29)24-27-25(33-28-24)20-8-4-3-5-9-20)11-13-30(14-12-26)23(31)16-19-7-6-10-21(15-19)32-2/h3-10,15,22H,11-14,16-18H2,1-2H3. The van der Waals surface area contributed by atoms with E-state index in [1.54, 1.807) is 7.11 Å². The van der Waals surface area contributed by atoms with Crippen LogP contribution in [0.5, 0.6) is 5.75 Å². The monoisotopic (exact) mass is 446 g/mol. The van der Waals surface area contributed by atoms with Crippen LogP contribution < -0.4 is 4.74 Å². The van der Waals surface area contributed by atoms with Gasteiger partial charge in [0.25, 0.3) is 5.89 Å². The molecule has 2 saturated heterocycles. The van der Waals surface area contributed by atoms with Crippen LogP contribution in [0.25, 0.3) is 11.5 Å². The number of ether oxygens (including phenoxy) is 1. The van der Waals surface area contributed by atoms with Gasteiger partial charge in [-0.15, -0.1) is 0 Å². The molecule has 2 aliphatic rings. The molecule has 2 aromatic carbocycles. The number of hydrogen-bond acceptors (Lipinski definition) is 6. The van der Waals surface area contributed by atoms with Crippen LogP contribution in [0, 0.1) is 5.41 Å². The maximum atomic E-state index is 12.9. The highest BCUT2D eigenvalue weighted by Crippen LogP contribution is 2.47. The summed E-state index contributed by atoms with van der Waals surface area (Å²) < 4.78 is 10.8. The van der Waals surface area contributed by atoms with Crippen molar-refractivity contribution in [3.63, 3.8) is 0 Å². The van der Waals surface area contributed by atoms with Gasteiger partial charge < -0.3 is 14.2 Å². The maximum Gasteiger partial charge on any atom is 0.257 e. The molecule has 1 atom stereocenters. The van der Waals surface area contributed by atoms with E-state index in [1.165, 1.54) is 0 Å². The van der Waals surface area contributed by atoms with Gasteiger partial charge in [0.05, 0.1) is 19.6 Å². The second-order valence-corrected chi connectivity index (χ2v) is 9.37. The Morgan fingerprint density at radius 2 is 1.94 bits per heavy atom. The highest BCUT2D eigenvalue weighted by atomic mass is 16.5. The summed E-state index contributed by atoms with van der Waals surface area (Å²) in [6, 6.07) is 17.8. The Hall–Kier alpha value is -3.19. The van der Waals surface area contributed by atoms with Gasteiger partial charge in [-0.2, -0.15) is 4.98 Å². The number of carbonyl (C=O) groups excluding carboxylic acids is 1. The first-order valence-corrected chi connectivity index (χ1v) is 11.6. The van der Waals surface area contributed by atoms with Crippen molar-refractivity contribution in [3.05, 3.63) is 66.0 Å². The molecule has 7 nitrogen and oxygen atoms in total. The molecule has 1 unspecified atom stereocenters. The zero-order valence-corrected chi connectivity index (χ0v) is 19.2. The Labute approximate surface area is 194 Å². The van der Waals surface area contributed by atoms with Crippen LogP contribution in [0.2, 0.25) is 0 Å². The minimum absolute atomic E-state index is 0.144. The number of likely N-dealkylation sites (tertiary alicyclic amines) is 2. The Morgan fingerprint density at radius 1 is 1.15 bits per heavy atom. The van der Waals surface area contributed by atoms with Crippen molar-refractivity contribution in [1.82, 2.24) is 19.9 Å². The van der Waals surface area contributed by atoms with Crippen molar-refractivity contribution in [3.8, 4) is 17.2 Å². The lowest BCUT2D eigenvalue weighted by Gasteiger charge is -2.39. The largest absolute Gasteiger partial charge is 0.497 e. The Balaban J connectivity index is 1.21. The number of nitrogens with zero attached hydrogens (tertiary/aromatic N) is 4. The first kappa shape index (κ1) is 21.6. The number of hydrogen-bond donors (Lipinski definition) is 0. The third-order valence-corrected chi connectivity index (χ3v) is 7.17. The summed E-state index contributed by atoms with van der Waals surface area (Å²) in [6.45, 7) is 2.58. The molecule has 0 saturated carbocycles. The zero-order valence-electron chi connectivity index (χ0n) is 19.2. The lowest BCUT2D eigenvalue weighted by atomic mass is 9.76. The van der Waals surface area contributed by atoms with E-state index in [0.29, 0.717) is 12.3 Å². The number of aromatic nitrogens is 2. The molecule has 5 rings (SSSR count). The molecule has 7 heteroatoms. The van der Waals surface area contributed by atoms with Crippen molar-refractivity contribution < 1.29 is 14.1 Å². The first-order valence-electron chi connectivity index (χ1n) is 11.6. The normalized spacial score (nSPS) is 20.3. The lowest BCUT2D eigenvalue weighted by molar-refractivity contribution is -0.132. The Kier molecular flexibility index (Phi) is 5.89. The summed E-state index contributed by atoms with van der Waals surface area (Å²) in [4.78, 5) is 22.0. The second-order valence-electron chi connectivity index (χ2n) is 9.37. The number of benzene rings is 2. The molecular formula is C26H30N4O3. The van der Waals surface area contributed by atoms with Gasteiger partial charge in [-0.1, -0.05) is 35.5 Å². The summed E-state index contributed by atoms with van der Waals surface area (Å²) >= 11 is 0. The van der Waals surface area contributed by atoms with Crippen LogP contribution in [-0.4, -0.2) is 59.6 Å². The van der Waals surface area contributed by atoms with Gasteiger partial charge in [0.2, 0.25) is 5.91 Å². The van der Waals surface area contributed by atoms with Gasteiger partial charge in [-0.05, 0) is 61.6 Å². The summed E-state index contributed by atoms with van der Waals surface area (Å²) in [5.41, 5.74) is 2.13. The summed E-state index contributed by atoms with van der Waals surface area (Å²) in [6.07, 6.45) is 3.41. The van der Waals surface area contributed by atoms with E-state index in [0.717, 1.165) is 61.6 Å². The van der Waals surface area contributed by atoms with Gasteiger partial charge >= 0.3 is 0 Å². The van der Waals surface area contributed by atoms with Crippen LogP contribution in [0.1, 0.15) is 36.7 Å². The fourth-order valence-corrected chi connectivity index (χ4v) is 5.29. The Bertz CT molecular complexity index is 1110. The quantitative estimate of drug-likeness (QED) is 0.591. The van der Waals surface area contributed by atoms with Gasteiger partial charge in [0.15, 0.2) is 5.82 Å². The van der Waals surface area contributed by atoms with Crippen molar-refractivity contribution in [2.24, 2.45) is 5.41 Å². The second kappa shape index (κ2) is 8.98. The predicted molar refractivity (Wildman–Crippen MR) is 125 cm³/mol. The molecule has 3 heterocycles. The molecule has 1 amide bonds. The number of rotatable bonds is 5. The summed E-state index contributed by atoms with van der Waals surface area (Å²) in [5.74, 6) is 2.30. The number of methoxy groups -OCH3 is 1. The van der Waals surface area contributed by atoms with Crippen molar-refractivity contribution in [2.75, 3.05) is 33.8 Å². The molecule has 3 aromatic rings. The van der Waals surface area contributed by atoms with Crippen molar-refractivity contribution in [2.45, 2.75) is 31.7 Å². The molecule has 1 spiro atoms. The van der Waals surface area contributed by atoms with Crippen molar-refractivity contribution >= 4 is 5.91 Å². The van der Waals surface area contributed by atoms with Gasteiger partial charge in [0.1, 0.15) is 5.75 Å². The third kappa shape index (κ3) is 4.50. The molecule has 0 aliphatic carbocycles. The Morgan fingerprint density at radius 3 is 2.70 bits per heavy atom. The van der Waals surface area contributed by atoms with Gasteiger partial charge in [-0.25, -0.2) is 0 Å². The zero-order chi connectivity index (χ0) is 22.8. The van der Waals surface area contributed by atoms with Crippen LogP contribution >= 0.6 is 0 Å². The molecule has 2 aliphatic heterocycles. The molecular weight excluding hydrogens is 416 g/mol. The molecule has 0 radical (unpaired) electrons. The maximum absolute atomic E-state index is 12.9. The highest BCUT2D eigenvalue weighted by molar-refractivity contribution is 5.79. The molecule has 2 fully saturated rings. The smallest absolute Gasteiger partial charge is 0.257 e. The van der Waals surface area contributed by atoms with E-state index in [1.807, 2.05) is 59.5 Å².